The number of ether oxygens (including phenoxy) is 2. The van der Waals surface area contributed by atoms with Crippen molar-refractivity contribution in [2.24, 2.45) is 4.99 Å². The van der Waals surface area contributed by atoms with Crippen molar-refractivity contribution < 1.29 is 19.4 Å². The first-order valence-corrected chi connectivity index (χ1v) is 6.64. The summed E-state index contributed by atoms with van der Waals surface area (Å²) in [4.78, 5) is 18.8. The topological polar surface area (TPSA) is 81.0 Å². The Hall–Kier alpha value is -2.60. The van der Waals surface area contributed by atoms with Gasteiger partial charge in [-0.25, -0.2) is 9.78 Å². The van der Waals surface area contributed by atoms with Gasteiger partial charge < -0.3 is 14.6 Å². The van der Waals surface area contributed by atoms with E-state index < -0.39 is 12.6 Å². The zero-order valence-electron chi connectivity index (χ0n) is 11.7. The fourth-order valence-electron chi connectivity index (χ4n) is 1.57. The maximum absolute atomic E-state index is 10.5. The van der Waals surface area contributed by atoms with E-state index in [0.29, 0.717) is 22.3 Å². The van der Waals surface area contributed by atoms with Crippen LogP contribution in [0.1, 0.15) is 5.56 Å². The Bertz CT molecular complexity index is 686. The molecule has 2 aromatic rings. The van der Waals surface area contributed by atoms with Gasteiger partial charge in [-0.3, -0.25) is 4.99 Å². The van der Waals surface area contributed by atoms with Crippen molar-refractivity contribution in [3.63, 3.8) is 0 Å². The van der Waals surface area contributed by atoms with Gasteiger partial charge >= 0.3 is 5.97 Å². The number of pyridine rings is 1. The van der Waals surface area contributed by atoms with Gasteiger partial charge in [-0.2, -0.15) is 0 Å². The molecular weight excluding hydrogens is 308 g/mol. The zero-order valence-corrected chi connectivity index (χ0v) is 12.4. The van der Waals surface area contributed by atoms with E-state index in [2.05, 4.69) is 9.98 Å². The van der Waals surface area contributed by atoms with E-state index in [1.807, 2.05) is 0 Å². The summed E-state index contributed by atoms with van der Waals surface area (Å²) in [5.41, 5.74) is 1.42. The van der Waals surface area contributed by atoms with Crippen LogP contribution in [-0.4, -0.2) is 36.0 Å². The monoisotopic (exact) mass is 320 g/mol. The molecular formula is C15H13ClN2O4. The van der Waals surface area contributed by atoms with Crippen molar-refractivity contribution in [1.82, 2.24) is 4.98 Å². The van der Waals surface area contributed by atoms with Gasteiger partial charge in [0, 0.05) is 12.3 Å². The number of methoxy groups -OCH3 is 1. The van der Waals surface area contributed by atoms with Gasteiger partial charge in [0.2, 0.25) is 5.88 Å². The Balaban J connectivity index is 2.07. The molecule has 0 spiro atoms. The summed E-state index contributed by atoms with van der Waals surface area (Å²) in [5, 5.41) is 8.88. The summed E-state index contributed by atoms with van der Waals surface area (Å²) in [6.45, 7) is -0.440. The lowest BCUT2D eigenvalue weighted by molar-refractivity contribution is -0.139. The first kappa shape index (κ1) is 15.8. The van der Waals surface area contributed by atoms with Crippen molar-refractivity contribution >= 4 is 29.5 Å². The van der Waals surface area contributed by atoms with Crippen molar-refractivity contribution in [3.8, 4) is 11.6 Å². The highest BCUT2D eigenvalue weighted by Gasteiger charge is 2.04. The predicted molar refractivity (Wildman–Crippen MR) is 82.6 cm³/mol. The number of hydrogen-bond donors (Lipinski definition) is 1. The molecule has 0 unspecified atom stereocenters. The van der Waals surface area contributed by atoms with E-state index in [-0.39, 0.29) is 0 Å². The lowest BCUT2D eigenvalue weighted by Gasteiger charge is -2.05. The number of carbonyl (C=O) groups is 1. The van der Waals surface area contributed by atoms with Crippen LogP contribution in [0.5, 0.6) is 11.6 Å². The average Bonchev–Trinajstić information content (AvgIpc) is 2.52. The highest BCUT2D eigenvalue weighted by molar-refractivity contribution is 6.32. The summed E-state index contributed by atoms with van der Waals surface area (Å²) in [5.74, 6) is -0.233. The van der Waals surface area contributed by atoms with Crippen LogP contribution in [0.4, 0.5) is 5.69 Å². The van der Waals surface area contributed by atoms with Crippen LogP contribution in [0.3, 0.4) is 0 Å². The molecule has 22 heavy (non-hydrogen) atoms. The minimum absolute atomic E-state index is 0.312. The van der Waals surface area contributed by atoms with E-state index in [9.17, 15) is 4.79 Å². The van der Waals surface area contributed by atoms with Gasteiger partial charge in [-0.15, -0.1) is 0 Å². The third-order valence-corrected chi connectivity index (χ3v) is 2.90. The molecule has 1 aromatic heterocycles. The molecule has 1 N–H and O–H groups in total. The molecule has 0 saturated carbocycles. The van der Waals surface area contributed by atoms with Crippen molar-refractivity contribution in [1.29, 1.82) is 0 Å². The first-order valence-electron chi connectivity index (χ1n) is 6.27. The standard InChI is InChI=1S/C15H13ClN2O4/c1-21-14-5-3-11(8-18-14)17-7-10-2-4-13(12(16)6-10)22-9-15(19)20/h2-8H,9H2,1H3,(H,19,20). The van der Waals surface area contributed by atoms with Gasteiger partial charge in [0.15, 0.2) is 6.61 Å². The highest BCUT2D eigenvalue weighted by Crippen LogP contribution is 2.25. The number of rotatable bonds is 6. The number of aliphatic carboxylic acids is 1. The fraction of sp³-hybridized carbons (Fsp3) is 0.133. The predicted octanol–water partition coefficient (Wildman–Crippen LogP) is 2.96. The van der Waals surface area contributed by atoms with Crippen LogP contribution in [-0.2, 0) is 4.79 Å². The fourth-order valence-corrected chi connectivity index (χ4v) is 1.82. The Morgan fingerprint density at radius 1 is 1.41 bits per heavy atom. The van der Waals surface area contributed by atoms with Crippen LogP contribution in [0.25, 0.3) is 0 Å². The second kappa shape index (κ2) is 7.42. The third-order valence-electron chi connectivity index (χ3n) is 2.60. The van der Waals surface area contributed by atoms with E-state index in [4.69, 9.17) is 26.2 Å². The number of benzene rings is 1. The molecule has 114 valence electrons. The van der Waals surface area contributed by atoms with E-state index in [1.165, 1.54) is 0 Å². The summed E-state index contributed by atoms with van der Waals surface area (Å²) < 4.78 is 10.0. The lowest BCUT2D eigenvalue weighted by atomic mass is 10.2. The summed E-state index contributed by atoms with van der Waals surface area (Å²) in [7, 11) is 1.54. The number of hydrogen-bond acceptors (Lipinski definition) is 5. The molecule has 0 amide bonds. The second-order valence-corrected chi connectivity index (χ2v) is 4.60. The maximum atomic E-state index is 10.5. The Morgan fingerprint density at radius 2 is 2.23 bits per heavy atom. The number of aromatic nitrogens is 1. The lowest BCUT2D eigenvalue weighted by Crippen LogP contribution is -2.09. The van der Waals surface area contributed by atoms with Gasteiger partial charge in [0.1, 0.15) is 5.75 Å². The molecule has 0 radical (unpaired) electrons. The van der Waals surface area contributed by atoms with Crippen LogP contribution in [0, 0.1) is 0 Å². The third kappa shape index (κ3) is 4.46. The highest BCUT2D eigenvalue weighted by atomic mass is 35.5. The minimum Gasteiger partial charge on any atom is -0.481 e. The minimum atomic E-state index is -1.06. The second-order valence-electron chi connectivity index (χ2n) is 4.19. The molecule has 0 fully saturated rings. The number of carboxylic acid groups (broad SMARTS) is 1. The van der Waals surface area contributed by atoms with E-state index in [1.54, 1.807) is 49.9 Å². The van der Waals surface area contributed by atoms with E-state index >= 15 is 0 Å². The van der Waals surface area contributed by atoms with Crippen LogP contribution >= 0.6 is 11.6 Å². The molecule has 0 bridgehead atoms. The van der Waals surface area contributed by atoms with Crippen molar-refractivity contribution in [2.45, 2.75) is 0 Å². The number of nitrogens with zero attached hydrogens (tertiary/aromatic N) is 2. The molecule has 0 atom stereocenters. The Morgan fingerprint density at radius 3 is 2.82 bits per heavy atom. The molecule has 7 heteroatoms. The maximum Gasteiger partial charge on any atom is 0.341 e. The molecule has 1 heterocycles. The zero-order chi connectivity index (χ0) is 15.9. The Kier molecular flexibility index (Phi) is 5.32. The molecule has 0 aliphatic carbocycles. The SMILES string of the molecule is COc1ccc(N=Cc2ccc(OCC(=O)O)c(Cl)c2)cn1. The van der Waals surface area contributed by atoms with Crippen LogP contribution in [0.2, 0.25) is 5.02 Å². The largest absolute Gasteiger partial charge is 0.481 e. The number of aliphatic imine (C=N–C) groups is 1. The molecule has 1 aromatic carbocycles. The first-order chi connectivity index (χ1) is 10.6. The van der Waals surface area contributed by atoms with Gasteiger partial charge in [0.05, 0.1) is 24.0 Å². The summed E-state index contributed by atoms with van der Waals surface area (Å²) >= 11 is 6.03. The van der Waals surface area contributed by atoms with Crippen LogP contribution in [0.15, 0.2) is 41.5 Å². The molecule has 0 saturated heterocycles. The van der Waals surface area contributed by atoms with Gasteiger partial charge in [-0.05, 0) is 29.8 Å². The molecule has 0 aliphatic heterocycles. The smallest absolute Gasteiger partial charge is 0.341 e. The summed E-state index contributed by atoms with van der Waals surface area (Å²) in [6.07, 6.45) is 3.21. The molecule has 2 rings (SSSR count). The summed E-state index contributed by atoms with van der Waals surface area (Å²) in [6, 6.07) is 8.44. The number of halogens is 1. The molecule has 0 aliphatic rings. The number of carboxylic acids is 1. The molecule has 6 nitrogen and oxygen atoms in total. The average molecular weight is 321 g/mol. The van der Waals surface area contributed by atoms with Crippen molar-refractivity contribution in [3.05, 3.63) is 47.1 Å². The normalized spacial score (nSPS) is 10.6. The van der Waals surface area contributed by atoms with Gasteiger partial charge in [0.25, 0.3) is 0 Å². The van der Waals surface area contributed by atoms with Gasteiger partial charge in [-0.1, -0.05) is 11.6 Å². The Labute approximate surface area is 132 Å². The van der Waals surface area contributed by atoms with Crippen molar-refractivity contribution in [2.75, 3.05) is 13.7 Å². The van der Waals surface area contributed by atoms with E-state index in [0.717, 1.165) is 5.56 Å². The van der Waals surface area contributed by atoms with Crippen LogP contribution < -0.4 is 9.47 Å². The quantitative estimate of drug-likeness (QED) is 0.828.